The lowest BCUT2D eigenvalue weighted by Crippen LogP contribution is -2.01. The molecule has 0 spiro atoms. The van der Waals surface area contributed by atoms with E-state index in [1.165, 1.54) is 0 Å². The number of benzene rings is 1. The van der Waals surface area contributed by atoms with Gasteiger partial charge < -0.3 is 10.5 Å². The van der Waals surface area contributed by atoms with Gasteiger partial charge in [-0.1, -0.05) is 12.1 Å². The van der Waals surface area contributed by atoms with Gasteiger partial charge in [-0.15, -0.1) is 11.8 Å². The molecule has 0 saturated carbocycles. The summed E-state index contributed by atoms with van der Waals surface area (Å²) in [6.07, 6.45) is 2.76. The van der Waals surface area contributed by atoms with Crippen molar-refractivity contribution >= 4 is 33.4 Å². The molecule has 1 heterocycles. The van der Waals surface area contributed by atoms with Gasteiger partial charge in [-0.25, -0.2) is 4.98 Å². The van der Waals surface area contributed by atoms with Crippen LogP contribution in [-0.4, -0.2) is 17.3 Å². The van der Waals surface area contributed by atoms with Crippen molar-refractivity contribution in [1.29, 1.82) is 0 Å². The number of hydrogen-bond donors (Lipinski definition) is 1. The van der Waals surface area contributed by atoms with Gasteiger partial charge in [0, 0.05) is 16.4 Å². The van der Waals surface area contributed by atoms with E-state index in [-0.39, 0.29) is 0 Å². The summed E-state index contributed by atoms with van der Waals surface area (Å²) in [6, 6.07) is 11.6. The average molecular weight is 339 g/mol. The molecular weight excluding hydrogens is 324 g/mol. The van der Waals surface area contributed by atoms with Crippen LogP contribution in [0.4, 0.5) is 5.69 Å². The van der Waals surface area contributed by atoms with E-state index in [0.717, 1.165) is 27.4 Å². The van der Waals surface area contributed by atoms with E-state index in [1.54, 1.807) is 11.8 Å². The number of halogens is 1. The molecule has 1 aromatic heterocycles. The molecule has 5 heteroatoms. The van der Waals surface area contributed by atoms with Gasteiger partial charge in [-0.05, 0) is 46.6 Å². The molecule has 0 amide bonds. The highest BCUT2D eigenvalue weighted by molar-refractivity contribution is 9.10. The van der Waals surface area contributed by atoms with Crippen molar-refractivity contribution in [2.45, 2.75) is 11.4 Å². The first-order chi connectivity index (χ1) is 9.25. The standard InChI is InChI=1S/C14H15BrN2OS/c15-11-6-7-14(17-10-11)19-9-3-8-18-13-5-2-1-4-12(13)16/h1-2,4-7,10H,3,8-9,16H2. The molecule has 2 rings (SSSR count). The SMILES string of the molecule is Nc1ccccc1OCCCSc1ccc(Br)cn1. The zero-order chi connectivity index (χ0) is 13.5. The van der Waals surface area contributed by atoms with Gasteiger partial charge in [-0.3, -0.25) is 0 Å². The van der Waals surface area contributed by atoms with Crippen LogP contribution in [0.2, 0.25) is 0 Å². The van der Waals surface area contributed by atoms with Crippen molar-refractivity contribution in [1.82, 2.24) is 4.98 Å². The molecule has 0 aliphatic carbocycles. The largest absolute Gasteiger partial charge is 0.491 e. The molecule has 100 valence electrons. The maximum absolute atomic E-state index is 5.80. The third-order valence-electron chi connectivity index (χ3n) is 2.42. The molecule has 3 nitrogen and oxygen atoms in total. The maximum Gasteiger partial charge on any atom is 0.142 e. The topological polar surface area (TPSA) is 48.1 Å². The van der Waals surface area contributed by atoms with Gasteiger partial charge in [0.25, 0.3) is 0 Å². The zero-order valence-electron chi connectivity index (χ0n) is 10.4. The Hall–Kier alpha value is -1.20. The normalized spacial score (nSPS) is 10.4. The minimum atomic E-state index is 0.664. The number of nitrogens with zero attached hydrogens (tertiary/aromatic N) is 1. The number of nitrogen functional groups attached to an aromatic ring is 1. The number of thioether (sulfide) groups is 1. The highest BCUT2D eigenvalue weighted by Crippen LogP contribution is 2.21. The van der Waals surface area contributed by atoms with Gasteiger partial charge >= 0.3 is 0 Å². The third-order valence-corrected chi connectivity index (χ3v) is 3.91. The Bertz CT molecular complexity index is 519. The summed E-state index contributed by atoms with van der Waals surface area (Å²) in [6.45, 7) is 0.664. The number of pyridine rings is 1. The second-order valence-corrected chi connectivity index (χ2v) is 5.93. The van der Waals surface area contributed by atoms with Gasteiger partial charge in [0.2, 0.25) is 0 Å². The molecule has 0 atom stereocenters. The lowest BCUT2D eigenvalue weighted by Gasteiger charge is -2.08. The van der Waals surface area contributed by atoms with Crippen molar-refractivity contribution < 1.29 is 4.74 Å². The van der Waals surface area contributed by atoms with Gasteiger partial charge in [0.15, 0.2) is 0 Å². The summed E-state index contributed by atoms with van der Waals surface area (Å²) in [5, 5.41) is 1.03. The van der Waals surface area contributed by atoms with E-state index in [9.17, 15) is 0 Å². The van der Waals surface area contributed by atoms with Gasteiger partial charge in [-0.2, -0.15) is 0 Å². The van der Waals surface area contributed by atoms with Crippen LogP contribution in [0.3, 0.4) is 0 Å². The summed E-state index contributed by atoms with van der Waals surface area (Å²) in [4.78, 5) is 4.30. The van der Waals surface area contributed by atoms with Crippen LogP contribution >= 0.6 is 27.7 Å². The molecular formula is C14H15BrN2OS. The Balaban J connectivity index is 1.67. The summed E-state index contributed by atoms with van der Waals surface area (Å²) in [5.41, 5.74) is 6.48. The van der Waals surface area contributed by atoms with Gasteiger partial charge in [0.05, 0.1) is 17.3 Å². The Kier molecular flexibility index (Phi) is 5.54. The molecule has 19 heavy (non-hydrogen) atoms. The first-order valence-corrected chi connectivity index (χ1v) is 7.75. The Labute approximate surface area is 125 Å². The second-order valence-electron chi connectivity index (χ2n) is 3.90. The highest BCUT2D eigenvalue weighted by Gasteiger charge is 1.99. The van der Waals surface area contributed by atoms with Crippen LogP contribution in [0.1, 0.15) is 6.42 Å². The fraction of sp³-hybridized carbons (Fsp3) is 0.214. The van der Waals surface area contributed by atoms with Crippen LogP contribution in [0.5, 0.6) is 5.75 Å². The molecule has 0 saturated heterocycles. The minimum absolute atomic E-state index is 0.664. The molecule has 0 fully saturated rings. The van der Waals surface area contributed by atoms with Crippen molar-refractivity contribution in [2.75, 3.05) is 18.1 Å². The van der Waals surface area contributed by atoms with Crippen LogP contribution < -0.4 is 10.5 Å². The molecule has 0 aliphatic rings. The zero-order valence-corrected chi connectivity index (χ0v) is 12.8. The maximum atomic E-state index is 5.80. The number of anilines is 1. The molecule has 2 aromatic rings. The monoisotopic (exact) mass is 338 g/mol. The fourth-order valence-electron chi connectivity index (χ4n) is 1.48. The Morgan fingerprint density at radius 1 is 1.21 bits per heavy atom. The number of nitrogens with two attached hydrogens (primary N) is 1. The number of para-hydroxylation sites is 2. The van der Waals surface area contributed by atoms with E-state index in [1.807, 2.05) is 42.6 Å². The third kappa shape index (κ3) is 4.76. The first-order valence-electron chi connectivity index (χ1n) is 5.97. The van der Waals surface area contributed by atoms with E-state index < -0.39 is 0 Å². The smallest absolute Gasteiger partial charge is 0.142 e. The number of aromatic nitrogens is 1. The minimum Gasteiger partial charge on any atom is -0.491 e. The summed E-state index contributed by atoms with van der Waals surface area (Å²) < 4.78 is 6.63. The van der Waals surface area contributed by atoms with E-state index in [0.29, 0.717) is 12.3 Å². The van der Waals surface area contributed by atoms with E-state index in [2.05, 4.69) is 20.9 Å². The molecule has 2 N–H and O–H groups in total. The second kappa shape index (κ2) is 7.40. The fourth-order valence-corrected chi connectivity index (χ4v) is 2.47. The Morgan fingerprint density at radius 2 is 2.05 bits per heavy atom. The van der Waals surface area contributed by atoms with E-state index in [4.69, 9.17) is 10.5 Å². The molecule has 0 aliphatic heterocycles. The summed E-state index contributed by atoms with van der Waals surface area (Å²) in [5.74, 6) is 1.73. The summed E-state index contributed by atoms with van der Waals surface area (Å²) in [7, 11) is 0. The van der Waals surface area contributed by atoms with Crippen LogP contribution in [-0.2, 0) is 0 Å². The predicted octanol–water partition coefficient (Wildman–Crippen LogP) is 3.99. The molecule has 0 unspecified atom stereocenters. The highest BCUT2D eigenvalue weighted by atomic mass is 79.9. The van der Waals surface area contributed by atoms with Crippen molar-refractivity contribution in [3.8, 4) is 5.75 Å². The van der Waals surface area contributed by atoms with Crippen molar-refractivity contribution in [2.24, 2.45) is 0 Å². The first kappa shape index (κ1) is 14.2. The summed E-state index contributed by atoms with van der Waals surface area (Å²) >= 11 is 5.09. The predicted molar refractivity (Wildman–Crippen MR) is 83.6 cm³/mol. The van der Waals surface area contributed by atoms with Crippen molar-refractivity contribution in [3.05, 3.63) is 47.1 Å². The lowest BCUT2D eigenvalue weighted by atomic mass is 10.3. The average Bonchev–Trinajstić information content (AvgIpc) is 2.42. The van der Waals surface area contributed by atoms with Crippen molar-refractivity contribution in [3.63, 3.8) is 0 Å². The number of rotatable bonds is 6. The Morgan fingerprint density at radius 3 is 2.79 bits per heavy atom. The van der Waals surface area contributed by atoms with Crippen LogP contribution in [0, 0.1) is 0 Å². The van der Waals surface area contributed by atoms with E-state index >= 15 is 0 Å². The lowest BCUT2D eigenvalue weighted by molar-refractivity contribution is 0.320. The molecule has 0 radical (unpaired) electrons. The van der Waals surface area contributed by atoms with Crippen LogP contribution in [0.25, 0.3) is 0 Å². The molecule has 1 aromatic carbocycles. The van der Waals surface area contributed by atoms with Crippen LogP contribution in [0.15, 0.2) is 52.1 Å². The quantitative estimate of drug-likeness (QED) is 0.491. The molecule has 0 bridgehead atoms. The van der Waals surface area contributed by atoms with Gasteiger partial charge in [0.1, 0.15) is 5.75 Å². The number of hydrogen-bond acceptors (Lipinski definition) is 4. The number of ether oxygens (including phenoxy) is 1.